The molecule has 1 N–H and O–H groups in total. The standard InChI is InChI=1S/C10H21NO/c1-2-7-11-8-4-3-5-10(11)6-9-12/h10,12H,2-9H2,1H3/t10-/m1/s1. The molecule has 0 spiro atoms. The Morgan fingerprint density at radius 2 is 2.25 bits per heavy atom. The van der Waals surface area contributed by atoms with Gasteiger partial charge in [-0.25, -0.2) is 0 Å². The highest BCUT2D eigenvalue weighted by Crippen LogP contribution is 2.19. The van der Waals surface area contributed by atoms with Gasteiger partial charge >= 0.3 is 0 Å². The number of rotatable bonds is 4. The highest BCUT2D eigenvalue weighted by Gasteiger charge is 2.20. The molecular formula is C10H21NO. The Balaban J connectivity index is 2.31. The maximum atomic E-state index is 8.88. The number of aliphatic hydroxyl groups excluding tert-OH is 1. The van der Waals surface area contributed by atoms with Crippen molar-refractivity contribution in [2.45, 2.75) is 45.1 Å². The summed E-state index contributed by atoms with van der Waals surface area (Å²) in [6.07, 6.45) is 6.20. The number of hydrogen-bond acceptors (Lipinski definition) is 2. The highest BCUT2D eigenvalue weighted by atomic mass is 16.3. The smallest absolute Gasteiger partial charge is 0.0445 e. The van der Waals surface area contributed by atoms with Gasteiger partial charge in [-0.05, 0) is 38.8 Å². The molecular weight excluding hydrogens is 150 g/mol. The van der Waals surface area contributed by atoms with Crippen LogP contribution in [-0.4, -0.2) is 35.7 Å². The van der Waals surface area contributed by atoms with Crippen molar-refractivity contribution in [1.29, 1.82) is 0 Å². The van der Waals surface area contributed by atoms with Crippen molar-refractivity contribution in [2.75, 3.05) is 19.7 Å². The van der Waals surface area contributed by atoms with Crippen LogP contribution >= 0.6 is 0 Å². The zero-order chi connectivity index (χ0) is 8.81. The molecule has 1 atom stereocenters. The molecule has 2 heteroatoms. The molecule has 1 rings (SSSR count). The Bertz CT molecular complexity index is 98.4. The molecule has 0 unspecified atom stereocenters. The van der Waals surface area contributed by atoms with Crippen molar-refractivity contribution in [1.82, 2.24) is 4.90 Å². The van der Waals surface area contributed by atoms with E-state index in [1.165, 1.54) is 38.8 Å². The van der Waals surface area contributed by atoms with E-state index in [2.05, 4.69) is 11.8 Å². The molecule has 1 aliphatic rings. The summed E-state index contributed by atoms with van der Waals surface area (Å²) in [5.74, 6) is 0. The predicted molar refractivity (Wildman–Crippen MR) is 51.2 cm³/mol. The van der Waals surface area contributed by atoms with E-state index in [1.54, 1.807) is 0 Å². The van der Waals surface area contributed by atoms with Crippen LogP contribution in [0, 0.1) is 0 Å². The molecule has 12 heavy (non-hydrogen) atoms. The normalized spacial score (nSPS) is 26.0. The molecule has 0 aromatic rings. The third-order valence-corrected chi connectivity index (χ3v) is 2.72. The molecule has 1 saturated heterocycles. The van der Waals surface area contributed by atoms with Crippen LogP contribution in [0.1, 0.15) is 39.0 Å². The summed E-state index contributed by atoms with van der Waals surface area (Å²) in [5.41, 5.74) is 0. The number of nitrogens with zero attached hydrogens (tertiary/aromatic N) is 1. The molecule has 0 bridgehead atoms. The van der Waals surface area contributed by atoms with Gasteiger partial charge in [-0.15, -0.1) is 0 Å². The Labute approximate surface area is 75.6 Å². The van der Waals surface area contributed by atoms with Crippen molar-refractivity contribution < 1.29 is 5.11 Å². The lowest BCUT2D eigenvalue weighted by Crippen LogP contribution is -2.40. The molecule has 0 saturated carbocycles. The van der Waals surface area contributed by atoms with Crippen LogP contribution in [0.5, 0.6) is 0 Å². The van der Waals surface area contributed by atoms with Gasteiger partial charge in [0, 0.05) is 12.6 Å². The fraction of sp³-hybridized carbons (Fsp3) is 1.00. The number of hydrogen-bond donors (Lipinski definition) is 1. The minimum atomic E-state index is 0.352. The summed E-state index contributed by atoms with van der Waals surface area (Å²) in [6, 6.07) is 0.670. The van der Waals surface area contributed by atoms with Crippen LogP contribution < -0.4 is 0 Å². The first-order chi connectivity index (χ1) is 5.88. The monoisotopic (exact) mass is 171 g/mol. The quantitative estimate of drug-likeness (QED) is 0.695. The molecule has 1 heterocycles. The lowest BCUT2D eigenvalue weighted by molar-refractivity contribution is 0.119. The van der Waals surface area contributed by atoms with Crippen LogP contribution in [0.15, 0.2) is 0 Å². The molecule has 0 aromatic heterocycles. The fourth-order valence-corrected chi connectivity index (χ4v) is 2.12. The molecule has 2 nitrogen and oxygen atoms in total. The summed E-state index contributed by atoms with van der Waals surface area (Å²) >= 11 is 0. The van der Waals surface area contributed by atoms with Crippen molar-refractivity contribution >= 4 is 0 Å². The predicted octanol–water partition coefficient (Wildman–Crippen LogP) is 1.63. The van der Waals surface area contributed by atoms with Gasteiger partial charge in [0.1, 0.15) is 0 Å². The molecule has 72 valence electrons. The Morgan fingerprint density at radius 3 is 2.92 bits per heavy atom. The van der Waals surface area contributed by atoms with Crippen LogP contribution in [0.4, 0.5) is 0 Å². The van der Waals surface area contributed by atoms with E-state index in [0.29, 0.717) is 12.6 Å². The summed E-state index contributed by atoms with van der Waals surface area (Å²) < 4.78 is 0. The largest absolute Gasteiger partial charge is 0.396 e. The van der Waals surface area contributed by atoms with Crippen molar-refractivity contribution in [3.05, 3.63) is 0 Å². The van der Waals surface area contributed by atoms with Crippen LogP contribution in [-0.2, 0) is 0 Å². The highest BCUT2D eigenvalue weighted by molar-refractivity contribution is 4.75. The van der Waals surface area contributed by atoms with Gasteiger partial charge < -0.3 is 10.0 Å². The minimum absolute atomic E-state index is 0.352. The molecule has 0 amide bonds. The first-order valence-corrected chi connectivity index (χ1v) is 5.23. The summed E-state index contributed by atoms with van der Waals surface area (Å²) in [6.45, 7) is 5.04. The van der Waals surface area contributed by atoms with E-state index in [9.17, 15) is 0 Å². The number of piperidine rings is 1. The second kappa shape index (κ2) is 5.55. The second-order valence-electron chi connectivity index (χ2n) is 3.70. The third kappa shape index (κ3) is 2.76. The third-order valence-electron chi connectivity index (χ3n) is 2.72. The minimum Gasteiger partial charge on any atom is -0.396 e. The van der Waals surface area contributed by atoms with Gasteiger partial charge in [-0.1, -0.05) is 13.3 Å². The Kier molecular flexibility index (Phi) is 4.62. The lowest BCUT2D eigenvalue weighted by Gasteiger charge is -2.35. The molecule has 0 aliphatic carbocycles. The fourth-order valence-electron chi connectivity index (χ4n) is 2.12. The zero-order valence-electron chi connectivity index (χ0n) is 8.13. The maximum absolute atomic E-state index is 8.88. The van der Waals surface area contributed by atoms with Crippen LogP contribution in [0.25, 0.3) is 0 Å². The van der Waals surface area contributed by atoms with Crippen molar-refractivity contribution in [2.24, 2.45) is 0 Å². The Morgan fingerprint density at radius 1 is 1.42 bits per heavy atom. The summed E-state index contributed by atoms with van der Waals surface area (Å²) in [5, 5.41) is 8.88. The van der Waals surface area contributed by atoms with Gasteiger partial charge in [0.2, 0.25) is 0 Å². The van der Waals surface area contributed by atoms with Gasteiger partial charge in [0.05, 0.1) is 0 Å². The SMILES string of the molecule is CCCN1CCCC[C@@H]1CCO. The van der Waals surface area contributed by atoms with Gasteiger partial charge in [0.25, 0.3) is 0 Å². The zero-order valence-corrected chi connectivity index (χ0v) is 8.13. The van der Waals surface area contributed by atoms with E-state index in [0.717, 1.165) is 6.42 Å². The average molecular weight is 171 g/mol. The summed E-state index contributed by atoms with van der Waals surface area (Å²) in [7, 11) is 0. The molecule has 0 radical (unpaired) electrons. The topological polar surface area (TPSA) is 23.5 Å². The molecule has 1 aliphatic heterocycles. The lowest BCUT2D eigenvalue weighted by atomic mass is 9.99. The average Bonchev–Trinajstić information content (AvgIpc) is 2.09. The van der Waals surface area contributed by atoms with E-state index in [4.69, 9.17) is 5.11 Å². The van der Waals surface area contributed by atoms with Crippen LogP contribution in [0.2, 0.25) is 0 Å². The Hall–Kier alpha value is -0.0800. The van der Waals surface area contributed by atoms with Crippen molar-refractivity contribution in [3.8, 4) is 0 Å². The van der Waals surface area contributed by atoms with Crippen molar-refractivity contribution in [3.63, 3.8) is 0 Å². The van der Waals surface area contributed by atoms with E-state index in [1.807, 2.05) is 0 Å². The van der Waals surface area contributed by atoms with Gasteiger partial charge in [-0.3, -0.25) is 0 Å². The van der Waals surface area contributed by atoms with Crippen LogP contribution in [0.3, 0.4) is 0 Å². The van der Waals surface area contributed by atoms with Gasteiger partial charge in [-0.2, -0.15) is 0 Å². The maximum Gasteiger partial charge on any atom is 0.0445 e. The number of aliphatic hydroxyl groups is 1. The molecule has 0 aromatic carbocycles. The number of likely N-dealkylation sites (tertiary alicyclic amines) is 1. The molecule has 1 fully saturated rings. The first-order valence-electron chi connectivity index (χ1n) is 5.23. The van der Waals surface area contributed by atoms with E-state index < -0.39 is 0 Å². The second-order valence-corrected chi connectivity index (χ2v) is 3.70. The van der Waals surface area contributed by atoms with E-state index in [-0.39, 0.29) is 0 Å². The van der Waals surface area contributed by atoms with E-state index >= 15 is 0 Å². The summed E-state index contributed by atoms with van der Waals surface area (Å²) in [4.78, 5) is 2.54. The van der Waals surface area contributed by atoms with Gasteiger partial charge in [0.15, 0.2) is 0 Å². The first kappa shape index (κ1) is 10.0.